The molecule has 0 saturated heterocycles. The number of hydrogen-bond donors (Lipinski definition) is 2. The second kappa shape index (κ2) is 7.43. The van der Waals surface area contributed by atoms with Crippen LogP contribution in [0.1, 0.15) is 6.92 Å². The highest BCUT2D eigenvalue weighted by molar-refractivity contribution is 9.10. The third kappa shape index (κ3) is 4.84. The first-order chi connectivity index (χ1) is 9.43. The van der Waals surface area contributed by atoms with Crippen molar-refractivity contribution < 1.29 is 19.2 Å². The van der Waals surface area contributed by atoms with Crippen LogP contribution in [0.25, 0.3) is 0 Å². The molecule has 0 fully saturated rings. The van der Waals surface area contributed by atoms with E-state index in [-0.39, 0.29) is 24.5 Å². The van der Waals surface area contributed by atoms with Gasteiger partial charge in [-0.05, 0) is 35.0 Å². The van der Waals surface area contributed by atoms with Crippen LogP contribution < -0.4 is 10.6 Å². The molecule has 20 heavy (non-hydrogen) atoms. The van der Waals surface area contributed by atoms with Crippen molar-refractivity contribution in [3.63, 3.8) is 0 Å². The fourth-order valence-electron chi connectivity index (χ4n) is 1.27. The number of nitrogens with one attached hydrogen (secondary N) is 2. The van der Waals surface area contributed by atoms with Crippen molar-refractivity contribution in [3.05, 3.63) is 32.8 Å². The Labute approximate surface area is 122 Å². The number of hydrogen-bond acceptors (Lipinski definition) is 5. The Kier molecular flexibility index (Phi) is 5.91. The van der Waals surface area contributed by atoms with Crippen molar-refractivity contribution in [2.45, 2.75) is 6.92 Å². The molecule has 1 rings (SSSR count). The van der Waals surface area contributed by atoms with Gasteiger partial charge in [0.15, 0.2) is 0 Å². The SMILES string of the molecule is CCOC(=O)CNC(=O)Nc1ccc(Br)c([N+](=O)[O-])c1. The number of esters is 1. The minimum atomic E-state index is -0.658. The average molecular weight is 346 g/mol. The molecule has 108 valence electrons. The van der Waals surface area contributed by atoms with Gasteiger partial charge in [-0.15, -0.1) is 0 Å². The maximum Gasteiger partial charge on any atom is 0.325 e. The van der Waals surface area contributed by atoms with E-state index in [2.05, 4.69) is 31.3 Å². The van der Waals surface area contributed by atoms with E-state index in [1.165, 1.54) is 18.2 Å². The van der Waals surface area contributed by atoms with Gasteiger partial charge in [0.2, 0.25) is 0 Å². The Balaban J connectivity index is 2.60. The summed E-state index contributed by atoms with van der Waals surface area (Å²) in [5, 5.41) is 15.4. The maximum absolute atomic E-state index is 11.5. The quantitative estimate of drug-likeness (QED) is 0.482. The molecular formula is C11H12BrN3O5. The van der Waals surface area contributed by atoms with Crippen molar-refractivity contribution in [2.24, 2.45) is 0 Å². The lowest BCUT2D eigenvalue weighted by atomic mass is 10.3. The van der Waals surface area contributed by atoms with E-state index in [1.54, 1.807) is 6.92 Å². The maximum atomic E-state index is 11.5. The van der Waals surface area contributed by atoms with Crippen LogP contribution in [0, 0.1) is 10.1 Å². The summed E-state index contributed by atoms with van der Waals surface area (Å²) in [7, 11) is 0. The molecule has 2 N–H and O–H groups in total. The summed E-state index contributed by atoms with van der Waals surface area (Å²) in [6.45, 7) is 1.60. The first-order valence-electron chi connectivity index (χ1n) is 5.58. The van der Waals surface area contributed by atoms with Gasteiger partial charge in [-0.25, -0.2) is 4.79 Å². The normalized spacial score (nSPS) is 9.70. The standard InChI is InChI=1S/C11H12BrN3O5/c1-2-20-10(16)6-13-11(17)14-7-3-4-8(12)9(5-7)15(18)19/h3-5H,2,6H2,1H3,(H2,13,14,17). The summed E-state index contributed by atoms with van der Waals surface area (Å²) in [5.74, 6) is -0.565. The van der Waals surface area contributed by atoms with Crippen LogP contribution in [-0.2, 0) is 9.53 Å². The highest BCUT2D eigenvalue weighted by Crippen LogP contribution is 2.27. The molecule has 1 aromatic rings. The number of benzene rings is 1. The molecule has 0 aromatic heterocycles. The van der Waals surface area contributed by atoms with Crippen molar-refractivity contribution >= 4 is 39.3 Å². The summed E-state index contributed by atoms with van der Waals surface area (Å²) in [4.78, 5) is 32.7. The Morgan fingerprint density at radius 2 is 2.15 bits per heavy atom. The summed E-state index contributed by atoms with van der Waals surface area (Å²) in [6, 6.07) is 3.48. The number of nitrogens with zero attached hydrogens (tertiary/aromatic N) is 1. The number of carbonyl (C=O) groups excluding carboxylic acids is 2. The molecule has 0 aliphatic rings. The lowest BCUT2D eigenvalue weighted by Crippen LogP contribution is -2.34. The summed E-state index contributed by atoms with van der Waals surface area (Å²) >= 11 is 3.03. The number of halogens is 1. The van der Waals surface area contributed by atoms with Crippen LogP contribution in [0.15, 0.2) is 22.7 Å². The molecule has 0 radical (unpaired) electrons. The first kappa shape index (κ1) is 15.9. The first-order valence-corrected chi connectivity index (χ1v) is 6.37. The average Bonchev–Trinajstić information content (AvgIpc) is 2.39. The molecule has 0 unspecified atom stereocenters. The molecule has 0 heterocycles. The number of amides is 2. The predicted octanol–water partition coefficient (Wildman–Crippen LogP) is 2.04. The molecule has 2 amide bonds. The monoisotopic (exact) mass is 345 g/mol. The van der Waals surface area contributed by atoms with E-state index in [1.807, 2.05) is 0 Å². The number of carbonyl (C=O) groups is 2. The van der Waals surface area contributed by atoms with Gasteiger partial charge in [-0.1, -0.05) is 0 Å². The van der Waals surface area contributed by atoms with Gasteiger partial charge in [-0.2, -0.15) is 0 Å². The van der Waals surface area contributed by atoms with Crippen LogP contribution in [0.2, 0.25) is 0 Å². The van der Waals surface area contributed by atoms with E-state index in [9.17, 15) is 19.7 Å². The molecule has 0 saturated carbocycles. The zero-order valence-electron chi connectivity index (χ0n) is 10.5. The van der Waals surface area contributed by atoms with Gasteiger partial charge in [0.1, 0.15) is 6.54 Å². The summed E-state index contributed by atoms with van der Waals surface area (Å²) in [5.41, 5.74) is 0.0643. The van der Waals surface area contributed by atoms with Crippen molar-refractivity contribution in [1.82, 2.24) is 5.32 Å². The smallest absolute Gasteiger partial charge is 0.325 e. The zero-order valence-corrected chi connectivity index (χ0v) is 12.1. The van der Waals surface area contributed by atoms with E-state index in [0.717, 1.165) is 0 Å². The van der Waals surface area contributed by atoms with E-state index < -0.39 is 16.9 Å². The Hall–Kier alpha value is -2.16. The van der Waals surface area contributed by atoms with Gasteiger partial charge < -0.3 is 15.4 Å². The molecule has 8 nitrogen and oxygen atoms in total. The largest absolute Gasteiger partial charge is 0.465 e. The zero-order chi connectivity index (χ0) is 15.1. The molecule has 0 aliphatic heterocycles. The van der Waals surface area contributed by atoms with Crippen LogP contribution in [0.5, 0.6) is 0 Å². The summed E-state index contributed by atoms with van der Waals surface area (Å²) < 4.78 is 4.94. The minimum Gasteiger partial charge on any atom is -0.465 e. The van der Waals surface area contributed by atoms with Crippen LogP contribution in [0.3, 0.4) is 0 Å². The number of urea groups is 1. The molecule has 0 spiro atoms. The third-order valence-electron chi connectivity index (χ3n) is 2.10. The number of ether oxygens (including phenoxy) is 1. The second-order valence-electron chi connectivity index (χ2n) is 3.54. The molecule has 0 bridgehead atoms. The van der Waals surface area contributed by atoms with Gasteiger partial charge in [-0.3, -0.25) is 14.9 Å². The lowest BCUT2D eigenvalue weighted by molar-refractivity contribution is -0.385. The van der Waals surface area contributed by atoms with Crippen molar-refractivity contribution in [1.29, 1.82) is 0 Å². The van der Waals surface area contributed by atoms with Gasteiger partial charge >= 0.3 is 12.0 Å². The number of nitro benzene ring substituents is 1. The molecule has 0 atom stereocenters. The Bertz CT molecular complexity index is 535. The third-order valence-corrected chi connectivity index (χ3v) is 2.77. The highest BCUT2D eigenvalue weighted by atomic mass is 79.9. The minimum absolute atomic E-state index is 0.173. The van der Waals surface area contributed by atoms with Gasteiger partial charge in [0, 0.05) is 11.8 Å². The van der Waals surface area contributed by atoms with Crippen LogP contribution in [0.4, 0.5) is 16.2 Å². The highest BCUT2D eigenvalue weighted by Gasteiger charge is 2.13. The second-order valence-corrected chi connectivity index (χ2v) is 4.39. The predicted molar refractivity (Wildman–Crippen MR) is 74.5 cm³/mol. The van der Waals surface area contributed by atoms with Gasteiger partial charge in [0.25, 0.3) is 5.69 Å². The number of anilines is 1. The van der Waals surface area contributed by atoms with E-state index in [0.29, 0.717) is 4.47 Å². The summed E-state index contributed by atoms with van der Waals surface area (Å²) in [6.07, 6.45) is 0. The Morgan fingerprint density at radius 1 is 1.45 bits per heavy atom. The number of nitro groups is 1. The molecule has 1 aromatic carbocycles. The van der Waals surface area contributed by atoms with Crippen LogP contribution >= 0.6 is 15.9 Å². The fourth-order valence-corrected chi connectivity index (χ4v) is 1.66. The number of rotatable bonds is 5. The molecule has 9 heteroatoms. The molecule has 0 aliphatic carbocycles. The van der Waals surface area contributed by atoms with Crippen LogP contribution in [-0.4, -0.2) is 30.1 Å². The van der Waals surface area contributed by atoms with Crippen molar-refractivity contribution in [2.75, 3.05) is 18.5 Å². The van der Waals surface area contributed by atoms with Gasteiger partial charge in [0.05, 0.1) is 16.0 Å². The Morgan fingerprint density at radius 3 is 2.75 bits per heavy atom. The van der Waals surface area contributed by atoms with E-state index in [4.69, 9.17) is 0 Å². The lowest BCUT2D eigenvalue weighted by Gasteiger charge is -2.07. The van der Waals surface area contributed by atoms with E-state index >= 15 is 0 Å². The fraction of sp³-hybridized carbons (Fsp3) is 0.273. The van der Waals surface area contributed by atoms with Crippen molar-refractivity contribution in [3.8, 4) is 0 Å². The topological polar surface area (TPSA) is 111 Å². The molecular weight excluding hydrogens is 334 g/mol.